The van der Waals surface area contributed by atoms with Crippen LogP contribution in [0.1, 0.15) is 58.8 Å². The van der Waals surface area contributed by atoms with E-state index in [-0.39, 0.29) is 0 Å². The Labute approximate surface area is 115 Å². The molecule has 3 unspecified atom stereocenters. The van der Waals surface area contributed by atoms with Crippen LogP contribution >= 0.6 is 11.8 Å². The number of hydrogen-bond acceptors (Lipinski definition) is 2. The van der Waals surface area contributed by atoms with E-state index in [4.69, 9.17) is 4.99 Å². The highest BCUT2D eigenvalue weighted by Gasteiger charge is 2.39. The molecule has 18 heavy (non-hydrogen) atoms. The van der Waals surface area contributed by atoms with E-state index in [1.807, 2.05) is 11.8 Å². The predicted octanol–water partition coefficient (Wildman–Crippen LogP) is 3.82. The molecule has 0 radical (unpaired) electrons. The van der Waals surface area contributed by atoms with Crippen LogP contribution in [0, 0.1) is 11.8 Å². The highest BCUT2D eigenvalue weighted by Crippen LogP contribution is 2.38. The Hall–Kier alpha value is -0.180. The number of thioether (sulfide) groups is 1. The summed E-state index contributed by atoms with van der Waals surface area (Å²) in [6.45, 7) is 4.79. The maximum Gasteiger partial charge on any atom is 0.157 e. The van der Waals surface area contributed by atoms with E-state index in [2.05, 4.69) is 19.2 Å². The van der Waals surface area contributed by atoms with Crippen LogP contribution in [0.2, 0.25) is 0 Å². The van der Waals surface area contributed by atoms with Crippen molar-refractivity contribution in [1.29, 1.82) is 0 Å². The summed E-state index contributed by atoms with van der Waals surface area (Å²) < 4.78 is 0. The molecule has 2 nitrogen and oxygen atoms in total. The molecule has 0 aromatic carbocycles. The van der Waals surface area contributed by atoms with Crippen molar-refractivity contribution in [2.24, 2.45) is 16.8 Å². The van der Waals surface area contributed by atoms with Gasteiger partial charge in [0.1, 0.15) is 0 Å². The van der Waals surface area contributed by atoms with Gasteiger partial charge < -0.3 is 5.32 Å². The van der Waals surface area contributed by atoms with Gasteiger partial charge in [-0.25, -0.2) is 0 Å². The first-order valence-corrected chi connectivity index (χ1v) is 8.64. The van der Waals surface area contributed by atoms with Crippen LogP contribution in [-0.4, -0.2) is 22.5 Å². The van der Waals surface area contributed by atoms with Gasteiger partial charge in [-0.15, -0.1) is 0 Å². The van der Waals surface area contributed by atoms with Crippen molar-refractivity contribution in [3.8, 4) is 0 Å². The second-order valence-electron chi connectivity index (χ2n) is 6.76. The van der Waals surface area contributed by atoms with Crippen molar-refractivity contribution < 1.29 is 0 Å². The molecule has 1 heterocycles. The van der Waals surface area contributed by atoms with E-state index in [1.54, 1.807) is 0 Å². The molecule has 2 saturated carbocycles. The predicted molar refractivity (Wildman–Crippen MR) is 80.2 cm³/mol. The number of nitrogens with zero attached hydrogens (tertiary/aromatic N) is 1. The topological polar surface area (TPSA) is 24.4 Å². The molecule has 3 aliphatic rings. The first-order chi connectivity index (χ1) is 8.67. The lowest BCUT2D eigenvalue weighted by atomic mass is 9.79. The summed E-state index contributed by atoms with van der Waals surface area (Å²) in [4.78, 5) is 5.01. The maximum absolute atomic E-state index is 5.01. The molecule has 1 saturated heterocycles. The first-order valence-electron chi connectivity index (χ1n) is 7.66. The lowest BCUT2D eigenvalue weighted by Crippen LogP contribution is -2.41. The van der Waals surface area contributed by atoms with Crippen LogP contribution in [0.25, 0.3) is 0 Å². The van der Waals surface area contributed by atoms with Gasteiger partial charge in [0.15, 0.2) is 5.17 Å². The molecule has 3 atom stereocenters. The summed E-state index contributed by atoms with van der Waals surface area (Å²) in [5.74, 6) is 3.00. The van der Waals surface area contributed by atoms with Gasteiger partial charge in [0.05, 0.1) is 6.04 Å². The van der Waals surface area contributed by atoms with Crippen molar-refractivity contribution in [2.75, 3.05) is 5.75 Å². The molecule has 102 valence electrons. The van der Waals surface area contributed by atoms with Crippen molar-refractivity contribution in [3.63, 3.8) is 0 Å². The molecule has 3 heteroatoms. The Bertz CT molecular complexity index is 333. The Balaban J connectivity index is 1.60. The molecule has 2 aliphatic carbocycles. The van der Waals surface area contributed by atoms with Crippen molar-refractivity contribution in [3.05, 3.63) is 0 Å². The quantitative estimate of drug-likeness (QED) is 0.780. The molecule has 3 rings (SSSR count). The second kappa shape index (κ2) is 5.07. The average Bonchev–Trinajstić information content (AvgIpc) is 2.96. The number of nitrogens with one attached hydrogen (secondary N) is 1. The van der Waals surface area contributed by atoms with Gasteiger partial charge in [-0.3, -0.25) is 4.99 Å². The SMILES string of the molecule is CC1CCC(N=C2NC3(CCCC3)CS2)CC1C. The normalized spacial score (nSPS) is 41.4. The van der Waals surface area contributed by atoms with Gasteiger partial charge in [0, 0.05) is 11.3 Å². The van der Waals surface area contributed by atoms with Crippen molar-refractivity contribution in [1.82, 2.24) is 5.32 Å². The summed E-state index contributed by atoms with van der Waals surface area (Å²) in [5.41, 5.74) is 0.428. The first kappa shape index (κ1) is 12.8. The third-order valence-electron chi connectivity index (χ3n) is 5.29. The van der Waals surface area contributed by atoms with E-state index in [9.17, 15) is 0 Å². The Kier molecular flexibility index (Phi) is 3.61. The zero-order valence-electron chi connectivity index (χ0n) is 11.7. The highest BCUT2D eigenvalue weighted by molar-refractivity contribution is 8.14. The number of aliphatic imine (C=N–C) groups is 1. The molecular weight excluding hydrogens is 240 g/mol. The van der Waals surface area contributed by atoms with E-state index in [1.165, 1.54) is 55.9 Å². The van der Waals surface area contributed by atoms with Gasteiger partial charge in [-0.1, -0.05) is 38.5 Å². The minimum absolute atomic E-state index is 0.428. The van der Waals surface area contributed by atoms with Gasteiger partial charge in [-0.2, -0.15) is 0 Å². The lowest BCUT2D eigenvalue weighted by Gasteiger charge is -2.30. The Morgan fingerprint density at radius 1 is 1.17 bits per heavy atom. The monoisotopic (exact) mass is 266 g/mol. The zero-order chi connectivity index (χ0) is 12.6. The van der Waals surface area contributed by atoms with Crippen molar-refractivity contribution in [2.45, 2.75) is 70.4 Å². The van der Waals surface area contributed by atoms with Gasteiger partial charge >= 0.3 is 0 Å². The number of hydrogen-bond donors (Lipinski definition) is 1. The van der Waals surface area contributed by atoms with Crippen LogP contribution in [0.3, 0.4) is 0 Å². The van der Waals surface area contributed by atoms with Gasteiger partial charge in [0.25, 0.3) is 0 Å². The molecule has 1 spiro atoms. The highest BCUT2D eigenvalue weighted by atomic mass is 32.2. The summed E-state index contributed by atoms with van der Waals surface area (Å²) in [5, 5.41) is 5.01. The molecular formula is C15H26N2S. The lowest BCUT2D eigenvalue weighted by molar-refractivity contribution is 0.252. The smallest absolute Gasteiger partial charge is 0.157 e. The minimum atomic E-state index is 0.428. The summed E-state index contributed by atoms with van der Waals surface area (Å²) >= 11 is 1.97. The van der Waals surface area contributed by atoms with Crippen LogP contribution in [0.15, 0.2) is 4.99 Å². The molecule has 1 aliphatic heterocycles. The third kappa shape index (κ3) is 2.56. The van der Waals surface area contributed by atoms with Gasteiger partial charge in [0.2, 0.25) is 0 Å². The van der Waals surface area contributed by atoms with Crippen LogP contribution in [0.4, 0.5) is 0 Å². The van der Waals surface area contributed by atoms with Crippen LogP contribution < -0.4 is 5.32 Å². The van der Waals surface area contributed by atoms with Crippen molar-refractivity contribution >= 4 is 16.9 Å². The van der Waals surface area contributed by atoms with E-state index < -0.39 is 0 Å². The average molecular weight is 266 g/mol. The molecule has 1 N–H and O–H groups in total. The van der Waals surface area contributed by atoms with Gasteiger partial charge in [-0.05, 0) is 43.9 Å². The molecule has 0 aromatic heterocycles. The minimum Gasteiger partial charge on any atom is -0.359 e. The zero-order valence-corrected chi connectivity index (χ0v) is 12.6. The largest absolute Gasteiger partial charge is 0.359 e. The molecule has 0 aromatic rings. The third-order valence-corrected chi connectivity index (χ3v) is 6.47. The Morgan fingerprint density at radius 3 is 2.67 bits per heavy atom. The summed E-state index contributed by atoms with van der Waals surface area (Å²) in [7, 11) is 0. The number of rotatable bonds is 1. The molecule has 3 fully saturated rings. The standard InChI is InChI=1S/C15H26N2S/c1-11-5-6-13(9-12(11)2)16-14-17-15(10-18-14)7-3-4-8-15/h11-13H,3-10H2,1-2H3,(H,16,17). The number of amidine groups is 1. The van der Waals surface area contributed by atoms with E-state index in [0.29, 0.717) is 11.6 Å². The summed E-state index contributed by atoms with van der Waals surface area (Å²) in [6, 6.07) is 0.586. The second-order valence-corrected chi connectivity index (χ2v) is 7.72. The van der Waals surface area contributed by atoms with Crippen LogP contribution in [-0.2, 0) is 0 Å². The van der Waals surface area contributed by atoms with E-state index in [0.717, 1.165) is 11.8 Å². The van der Waals surface area contributed by atoms with E-state index >= 15 is 0 Å². The fourth-order valence-electron chi connectivity index (χ4n) is 3.70. The fraction of sp³-hybridized carbons (Fsp3) is 0.933. The summed E-state index contributed by atoms with van der Waals surface area (Å²) in [6.07, 6.45) is 9.47. The maximum atomic E-state index is 5.01. The fourth-order valence-corrected chi connectivity index (χ4v) is 4.98. The Morgan fingerprint density at radius 2 is 1.94 bits per heavy atom. The molecule has 0 amide bonds. The molecule has 0 bridgehead atoms. The van der Waals surface area contributed by atoms with Crippen LogP contribution in [0.5, 0.6) is 0 Å².